The van der Waals surface area contributed by atoms with Crippen molar-refractivity contribution in [2.24, 2.45) is 0 Å². The lowest BCUT2D eigenvalue weighted by Crippen LogP contribution is -2.18. The number of carbonyl (C=O) groups is 1. The van der Waals surface area contributed by atoms with E-state index >= 15 is 0 Å². The molecule has 0 aliphatic heterocycles. The van der Waals surface area contributed by atoms with Gasteiger partial charge in [-0.05, 0) is 29.8 Å². The van der Waals surface area contributed by atoms with E-state index in [9.17, 15) is 4.79 Å². The van der Waals surface area contributed by atoms with Gasteiger partial charge in [-0.2, -0.15) is 0 Å². The van der Waals surface area contributed by atoms with Crippen molar-refractivity contribution in [1.82, 2.24) is 10.3 Å². The van der Waals surface area contributed by atoms with Crippen LogP contribution in [0.4, 0.5) is 16.2 Å². The van der Waals surface area contributed by atoms with Gasteiger partial charge in [-0.1, -0.05) is 12.1 Å². The van der Waals surface area contributed by atoms with Crippen LogP contribution in [0.3, 0.4) is 0 Å². The highest BCUT2D eigenvalue weighted by atomic mass is 16.5. The quantitative estimate of drug-likeness (QED) is 0.341. The molecular weight excluding hydrogens is 450 g/mol. The number of alkyl carbamates (subject to hydrolysis) is 1. The molecule has 35 heavy (non-hydrogen) atoms. The fraction of sp³-hybridized carbons (Fsp3) is 0.231. The molecule has 182 valence electrons. The third-order valence-electron chi connectivity index (χ3n) is 5.54. The molecule has 4 aromatic rings. The van der Waals surface area contributed by atoms with Crippen LogP contribution in [0, 0.1) is 0 Å². The molecule has 0 saturated heterocycles. The SMILES string of the molecule is CNC(=O)OCc1cccc(Nc2c3ccc(OC)cc3nc3cc(OC)c(OC)c(OC)c23)c1. The Kier molecular flexibility index (Phi) is 6.96. The average Bonchev–Trinajstić information content (AvgIpc) is 2.90. The first kappa shape index (κ1) is 23.7. The first-order valence-corrected chi connectivity index (χ1v) is 10.8. The molecule has 1 aromatic heterocycles. The fourth-order valence-corrected chi connectivity index (χ4v) is 3.91. The summed E-state index contributed by atoms with van der Waals surface area (Å²) in [5.41, 5.74) is 3.78. The number of benzene rings is 3. The third-order valence-corrected chi connectivity index (χ3v) is 5.54. The van der Waals surface area contributed by atoms with E-state index in [1.54, 1.807) is 28.4 Å². The number of hydrogen-bond donors (Lipinski definition) is 2. The lowest BCUT2D eigenvalue weighted by molar-refractivity contribution is 0.142. The molecule has 0 spiro atoms. The minimum absolute atomic E-state index is 0.137. The standard InChI is InChI=1S/C26H27N3O6/c1-27-26(30)35-14-15-7-6-8-16(11-15)28-23-18-10-9-17(31-2)12-19(18)29-20-13-21(32-3)24(33-4)25(34-5)22(20)23/h6-13H,14H2,1-5H3,(H,27,30)(H,28,29). The van der Waals surface area contributed by atoms with Crippen LogP contribution in [0.2, 0.25) is 0 Å². The molecule has 9 nitrogen and oxygen atoms in total. The Labute approximate surface area is 202 Å². The van der Waals surface area contributed by atoms with Crippen LogP contribution < -0.4 is 29.6 Å². The normalized spacial score (nSPS) is 10.7. The summed E-state index contributed by atoms with van der Waals surface area (Å²) in [4.78, 5) is 16.3. The molecule has 0 atom stereocenters. The van der Waals surface area contributed by atoms with Gasteiger partial charge in [0.2, 0.25) is 5.75 Å². The van der Waals surface area contributed by atoms with E-state index in [0.29, 0.717) is 28.5 Å². The van der Waals surface area contributed by atoms with Crippen LogP contribution in [0.25, 0.3) is 21.8 Å². The van der Waals surface area contributed by atoms with E-state index in [-0.39, 0.29) is 6.61 Å². The fourth-order valence-electron chi connectivity index (χ4n) is 3.91. The summed E-state index contributed by atoms with van der Waals surface area (Å²) in [6.07, 6.45) is -0.491. The topological polar surface area (TPSA) is 100 Å². The van der Waals surface area contributed by atoms with Gasteiger partial charge in [-0.3, -0.25) is 0 Å². The van der Waals surface area contributed by atoms with Crippen molar-refractivity contribution in [2.45, 2.75) is 6.61 Å². The Hall–Kier alpha value is -4.40. The van der Waals surface area contributed by atoms with E-state index < -0.39 is 6.09 Å². The Morgan fingerprint density at radius 2 is 1.69 bits per heavy atom. The van der Waals surface area contributed by atoms with Crippen molar-refractivity contribution in [3.05, 3.63) is 54.1 Å². The number of aromatic nitrogens is 1. The van der Waals surface area contributed by atoms with Gasteiger partial charge in [0.05, 0.1) is 50.5 Å². The number of hydrogen-bond acceptors (Lipinski definition) is 8. The molecule has 0 radical (unpaired) electrons. The van der Waals surface area contributed by atoms with Crippen LogP contribution in [0.15, 0.2) is 48.5 Å². The highest BCUT2D eigenvalue weighted by Gasteiger charge is 2.22. The summed E-state index contributed by atoms with van der Waals surface area (Å²) in [6.45, 7) is 0.137. The number of ether oxygens (including phenoxy) is 5. The van der Waals surface area contributed by atoms with E-state index in [1.165, 1.54) is 7.05 Å². The van der Waals surface area contributed by atoms with Crippen molar-refractivity contribution < 1.29 is 28.5 Å². The number of pyridine rings is 1. The van der Waals surface area contributed by atoms with Gasteiger partial charge in [0.25, 0.3) is 0 Å². The van der Waals surface area contributed by atoms with E-state index in [0.717, 1.165) is 33.2 Å². The van der Waals surface area contributed by atoms with Crippen LogP contribution >= 0.6 is 0 Å². The van der Waals surface area contributed by atoms with Crippen LogP contribution in [-0.4, -0.2) is 46.6 Å². The molecule has 3 aromatic carbocycles. The lowest BCUT2D eigenvalue weighted by Gasteiger charge is -2.19. The van der Waals surface area contributed by atoms with Gasteiger partial charge in [-0.15, -0.1) is 0 Å². The van der Waals surface area contributed by atoms with Crippen LogP contribution in [0.5, 0.6) is 23.0 Å². The van der Waals surface area contributed by atoms with E-state index in [1.807, 2.05) is 48.5 Å². The summed E-state index contributed by atoms with van der Waals surface area (Å²) in [7, 11) is 7.85. The number of methoxy groups -OCH3 is 4. The zero-order chi connectivity index (χ0) is 24.9. The van der Waals surface area contributed by atoms with Crippen LogP contribution in [-0.2, 0) is 11.3 Å². The Balaban J connectivity index is 1.93. The molecule has 1 amide bonds. The molecule has 2 N–H and O–H groups in total. The molecule has 0 bridgehead atoms. The van der Waals surface area contributed by atoms with Crippen LogP contribution in [0.1, 0.15) is 5.56 Å². The van der Waals surface area contributed by atoms with E-state index in [4.69, 9.17) is 28.7 Å². The average molecular weight is 478 g/mol. The van der Waals surface area contributed by atoms with Crippen molar-refractivity contribution >= 4 is 39.3 Å². The summed E-state index contributed by atoms with van der Waals surface area (Å²) in [5, 5.41) is 7.55. The number of nitrogens with zero attached hydrogens (tertiary/aromatic N) is 1. The third kappa shape index (κ3) is 4.65. The maximum absolute atomic E-state index is 11.5. The second kappa shape index (κ2) is 10.3. The van der Waals surface area contributed by atoms with Gasteiger partial charge >= 0.3 is 6.09 Å². The van der Waals surface area contributed by atoms with Gasteiger partial charge in [0, 0.05) is 30.3 Å². The number of anilines is 2. The summed E-state index contributed by atoms with van der Waals surface area (Å²) < 4.78 is 27.6. The summed E-state index contributed by atoms with van der Waals surface area (Å²) >= 11 is 0. The maximum atomic E-state index is 11.5. The molecule has 0 aliphatic rings. The highest BCUT2D eigenvalue weighted by Crippen LogP contribution is 2.48. The maximum Gasteiger partial charge on any atom is 0.407 e. The zero-order valence-electron chi connectivity index (χ0n) is 20.2. The van der Waals surface area contributed by atoms with Gasteiger partial charge in [0.15, 0.2) is 11.5 Å². The molecule has 0 aliphatic carbocycles. The number of fused-ring (bicyclic) bond motifs is 2. The predicted molar refractivity (Wildman–Crippen MR) is 134 cm³/mol. The largest absolute Gasteiger partial charge is 0.497 e. The predicted octanol–water partition coefficient (Wildman–Crippen LogP) is 5.02. The van der Waals surface area contributed by atoms with E-state index in [2.05, 4.69) is 10.6 Å². The monoisotopic (exact) mass is 477 g/mol. The highest BCUT2D eigenvalue weighted by molar-refractivity contribution is 6.12. The molecule has 4 rings (SSSR count). The lowest BCUT2D eigenvalue weighted by atomic mass is 10.0. The summed E-state index contributed by atoms with van der Waals surface area (Å²) in [6, 6.07) is 15.1. The number of amides is 1. The number of nitrogens with one attached hydrogen (secondary N) is 2. The number of rotatable bonds is 8. The second-order valence-corrected chi connectivity index (χ2v) is 7.56. The van der Waals surface area contributed by atoms with Gasteiger partial charge < -0.3 is 34.3 Å². The zero-order valence-corrected chi connectivity index (χ0v) is 20.2. The first-order chi connectivity index (χ1) is 17.0. The molecular formula is C26H27N3O6. The van der Waals surface area contributed by atoms with Crippen molar-refractivity contribution in [1.29, 1.82) is 0 Å². The smallest absolute Gasteiger partial charge is 0.407 e. The van der Waals surface area contributed by atoms with Gasteiger partial charge in [-0.25, -0.2) is 9.78 Å². The minimum Gasteiger partial charge on any atom is -0.497 e. The van der Waals surface area contributed by atoms with Gasteiger partial charge in [0.1, 0.15) is 12.4 Å². The molecule has 0 unspecified atom stereocenters. The van der Waals surface area contributed by atoms with Crippen molar-refractivity contribution in [3.8, 4) is 23.0 Å². The summed E-state index contributed by atoms with van der Waals surface area (Å²) in [5.74, 6) is 2.16. The first-order valence-electron chi connectivity index (χ1n) is 10.8. The number of carbonyl (C=O) groups excluding carboxylic acids is 1. The Bertz CT molecular complexity index is 1390. The molecule has 0 saturated carbocycles. The molecule has 1 heterocycles. The molecule has 0 fully saturated rings. The Morgan fingerprint density at radius 3 is 2.37 bits per heavy atom. The van der Waals surface area contributed by atoms with Crippen molar-refractivity contribution in [3.63, 3.8) is 0 Å². The van der Waals surface area contributed by atoms with Crippen molar-refractivity contribution in [2.75, 3.05) is 40.8 Å². The Morgan fingerprint density at radius 1 is 0.886 bits per heavy atom. The minimum atomic E-state index is -0.491. The second-order valence-electron chi connectivity index (χ2n) is 7.56. The molecule has 9 heteroatoms.